The Hall–Kier alpha value is -1.04. The zero-order valence-corrected chi connectivity index (χ0v) is 9.92. The quantitative estimate of drug-likeness (QED) is 0.699. The van der Waals surface area contributed by atoms with E-state index in [0.29, 0.717) is 0 Å². The second kappa shape index (κ2) is 4.65. The lowest BCUT2D eigenvalue weighted by Crippen LogP contribution is -2.45. The molecule has 0 aliphatic heterocycles. The minimum absolute atomic E-state index is 0.0136. The van der Waals surface area contributed by atoms with E-state index in [1.54, 1.807) is 11.9 Å². The Morgan fingerprint density at radius 3 is 2.27 bits per heavy atom. The summed E-state index contributed by atoms with van der Waals surface area (Å²) in [4.78, 5) is 13.9. The molecule has 0 unspecified atom stereocenters. The number of carbonyl (C=O) groups is 1. The second-order valence-corrected chi connectivity index (χ2v) is 4.76. The van der Waals surface area contributed by atoms with Gasteiger partial charge < -0.3 is 4.90 Å². The van der Waals surface area contributed by atoms with Gasteiger partial charge in [-0.3, -0.25) is 4.79 Å². The lowest BCUT2D eigenvalue weighted by Gasteiger charge is -2.34. The smallest absolute Gasteiger partial charge is 0.243 e. The monoisotopic (exact) mass is 208 g/mol. The topological polar surface area (TPSA) is 44.1 Å². The van der Waals surface area contributed by atoms with Crippen LogP contribution in [0.4, 0.5) is 0 Å². The SMILES string of the molecule is CC(C)N(C)C(=O)C1(C#N)CCCCC1. The average Bonchev–Trinajstić information content (AvgIpc) is 2.27. The molecule has 0 aromatic carbocycles. The molecule has 0 aromatic rings. The maximum atomic E-state index is 12.2. The zero-order valence-electron chi connectivity index (χ0n) is 9.92. The Kier molecular flexibility index (Phi) is 3.73. The Labute approximate surface area is 92.1 Å². The number of rotatable bonds is 2. The first-order chi connectivity index (χ1) is 7.03. The molecule has 0 aromatic heterocycles. The van der Waals surface area contributed by atoms with Gasteiger partial charge in [0.1, 0.15) is 5.41 Å². The highest BCUT2D eigenvalue weighted by molar-refractivity contribution is 5.85. The van der Waals surface area contributed by atoms with Gasteiger partial charge in [-0.25, -0.2) is 0 Å². The summed E-state index contributed by atoms with van der Waals surface area (Å²) in [6, 6.07) is 2.43. The lowest BCUT2D eigenvalue weighted by molar-refractivity contribution is -0.140. The van der Waals surface area contributed by atoms with E-state index < -0.39 is 5.41 Å². The molecule has 0 atom stereocenters. The fraction of sp³-hybridized carbons (Fsp3) is 0.833. The van der Waals surface area contributed by atoms with Crippen molar-refractivity contribution in [2.75, 3.05) is 7.05 Å². The molecular formula is C12H20N2O. The summed E-state index contributed by atoms with van der Waals surface area (Å²) in [5.74, 6) is 0.0136. The van der Waals surface area contributed by atoms with Crippen LogP contribution in [-0.2, 0) is 4.79 Å². The van der Waals surface area contributed by atoms with Crippen molar-refractivity contribution in [3.8, 4) is 6.07 Å². The van der Waals surface area contributed by atoms with Crippen LogP contribution in [0.25, 0.3) is 0 Å². The van der Waals surface area contributed by atoms with Crippen molar-refractivity contribution in [1.29, 1.82) is 5.26 Å². The van der Waals surface area contributed by atoms with Gasteiger partial charge >= 0.3 is 0 Å². The van der Waals surface area contributed by atoms with Crippen LogP contribution < -0.4 is 0 Å². The van der Waals surface area contributed by atoms with Gasteiger partial charge in [-0.05, 0) is 26.7 Å². The van der Waals surface area contributed by atoms with E-state index >= 15 is 0 Å². The van der Waals surface area contributed by atoms with E-state index in [1.165, 1.54) is 0 Å². The largest absolute Gasteiger partial charge is 0.342 e. The van der Waals surface area contributed by atoms with Crippen molar-refractivity contribution < 1.29 is 4.79 Å². The summed E-state index contributed by atoms with van der Waals surface area (Å²) in [6.45, 7) is 3.96. The van der Waals surface area contributed by atoms with Crippen LogP contribution in [0.5, 0.6) is 0 Å². The second-order valence-electron chi connectivity index (χ2n) is 4.76. The average molecular weight is 208 g/mol. The molecule has 1 aliphatic carbocycles. The minimum atomic E-state index is -0.725. The van der Waals surface area contributed by atoms with Crippen molar-refractivity contribution in [3.63, 3.8) is 0 Å². The van der Waals surface area contributed by atoms with Crippen LogP contribution in [0, 0.1) is 16.7 Å². The van der Waals surface area contributed by atoms with Crippen molar-refractivity contribution in [2.45, 2.75) is 52.0 Å². The maximum absolute atomic E-state index is 12.2. The van der Waals surface area contributed by atoms with Gasteiger partial charge in [0, 0.05) is 13.1 Å². The van der Waals surface area contributed by atoms with E-state index in [0.717, 1.165) is 32.1 Å². The third-order valence-corrected chi connectivity index (χ3v) is 3.43. The van der Waals surface area contributed by atoms with Crippen molar-refractivity contribution in [2.24, 2.45) is 5.41 Å². The van der Waals surface area contributed by atoms with E-state index in [-0.39, 0.29) is 11.9 Å². The molecule has 0 saturated heterocycles. The predicted octanol–water partition coefficient (Wildman–Crippen LogP) is 2.33. The number of nitrogens with zero attached hydrogens (tertiary/aromatic N) is 2. The molecular weight excluding hydrogens is 188 g/mol. The summed E-state index contributed by atoms with van der Waals surface area (Å²) >= 11 is 0. The normalized spacial score (nSPS) is 19.7. The molecule has 3 heteroatoms. The molecule has 15 heavy (non-hydrogen) atoms. The van der Waals surface area contributed by atoms with E-state index in [1.807, 2.05) is 13.8 Å². The molecule has 84 valence electrons. The molecule has 0 heterocycles. The number of hydrogen-bond acceptors (Lipinski definition) is 2. The number of carbonyl (C=O) groups excluding carboxylic acids is 1. The Bertz CT molecular complexity index is 272. The van der Waals surface area contributed by atoms with Crippen molar-refractivity contribution >= 4 is 5.91 Å². The van der Waals surface area contributed by atoms with Gasteiger partial charge in [0.25, 0.3) is 0 Å². The fourth-order valence-corrected chi connectivity index (χ4v) is 2.10. The van der Waals surface area contributed by atoms with Crippen molar-refractivity contribution in [1.82, 2.24) is 4.90 Å². The summed E-state index contributed by atoms with van der Waals surface area (Å²) in [6.07, 6.45) is 4.64. The zero-order chi connectivity index (χ0) is 11.5. The maximum Gasteiger partial charge on any atom is 0.243 e. The van der Waals surface area contributed by atoms with Crippen molar-refractivity contribution in [3.05, 3.63) is 0 Å². The van der Waals surface area contributed by atoms with Gasteiger partial charge in [-0.1, -0.05) is 19.3 Å². The highest BCUT2D eigenvalue weighted by Gasteiger charge is 2.41. The van der Waals surface area contributed by atoms with Crippen LogP contribution in [0.3, 0.4) is 0 Å². The van der Waals surface area contributed by atoms with Gasteiger partial charge in [0.15, 0.2) is 0 Å². The Balaban J connectivity index is 2.82. The third-order valence-electron chi connectivity index (χ3n) is 3.43. The van der Waals surface area contributed by atoms with Gasteiger partial charge in [0.2, 0.25) is 5.91 Å². The third kappa shape index (κ3) is 2.31. The standard InChI is InChI=1S/C12H20N2O/c1-10(2)14(3)11(15)12(9-13)7-5-4-6-8-12/h10H,4-8H2,1-3H3. The molecule has 3 nitrogen and oxygen atoms in total. The number of nitriles is 1. The van der Waals surface area contributed by atoms with Crippen LogP contribution in [0.15, 0.2) is 0 Å². The molecule has 1 aliphatic rings. The van der Waals surface area contributed by atoms with Crippen LogP contribution in [0.2, 0.25) is 0 Å². The molecule has 1 rings (SSSR count). The van der Waals surface area contributed by atoms with Gasteiger partial charge in [-0.15, -0.1) is 0 Å². The van der Waals surface area contributed by atoms with Gasteiger partial charge in [-0.2, -0.15) is 5.26 Å². The first kappa shape index (κ1) is 12.0. The molecule has 0 N–H and O–H groups in total. The highest BCUT2D eigenvalue weighted by atomic mass is 16.2. The highest BCUT2D eigenvalue weighted by Crippen LogP contribution is 2.37. The minimum Gasteiger partial charge on any atom is -0.342 e. The van der Waals surface area contributed by atoms with Crippen LogP contribution in [-0.4, -0.2) is 23.9 Å². The molecule has 1 amide bonds. The number of hydrogen-bond donors (Lipinski definition) is 0. The summed E-state index contributed by atoms with van der Waals surface area (Å²) in [7, 11) is 1.79. The Morgan fingerprint density at radius 2 is 1.87 bits per heavy atom. The van der Waals surface area contributed by atoms with E-state index in [4.69, 9.17) is 0 Å². The summed E-state index contributed by atoms with van der Waals surface area (Å²) < 4.78 is 0. The molecule has 0 bridgehead atoms. The Morgan fingerprint density at radius 1 is 1.33 bits per heavy atom. The summed E-state index contributed by atoms with van der Waals surface area (Å²) in [5, 5.41) is 9.25. The molecule has 1 fully saturated rings. The summed E-state index contributed by atoms with van der Waals surface area (Å²) in [5.41, 5.74) is -0.725. The molecule has 1 saturated carbocycles. The van der Waals surface area contributed by atoms with Gasteiger partial charge in [0.05, 0.1) is 6.07 Å². The number of amides is 1. The van der Waals surface area contributed by atoms with Crippen LogP contribution >= 0.6 is 0 Å². The lowest BCUT2D eigenvalue weighted by atomic mass is 9.74. The van der Waals surface area contributed by atoms with Crippen LogP contribution in [0.1, 0.15) is 46.0 Å². The van der Waals surface area contributed by atoms with E-state index in [9.17, 15) is 10.1 Å². The first-order valence-electron chi connectivity index (χ1n) is 5.72. The molecule has 0 radical (unpaired) electrons. The first-order valence-corrected chi connectivity index (χ1v) is 5.72. The van der Waals surface area contributed by atoms with E-state index in [2.05, 4.69) is 6.07 Å². The predicted molar refractivity (Wildman–Crippen MR) is 59.0 cm³/mol. The molecule has 0 spiro atoms. The fourth-order valence-electron chi connectivity index (χ4n) is 2.10.